The highest BCUT2D eigenvalue weighted by atomic mass is 19.3. The van der Waals surface area contributed by atoms with Gasteiger partial charge in [0.25, 0.3) is 0 Å². The van der Waals surface area contributed by atoms with E-state index < -0.39 is 53.2 Å². The topological polar surface area (TPSA) is 27.7 Å². The maximum atomic E-state index is 15.0. The maximum Gasteiger partial charge on any atom is 0.400 e. The minimum absolute atomic E-state index is 0.0558. The SMILES string of the molecule is CC1COC(c2ccc(C3CCC(C(F)(F)Oc4ccc(-c5cc(F)c(F)c(F)c5)c(F)c4)CC3)c(F)c2)OC1. The number of halogens is 7. The molecule has 0 N–H and O–H groups in total. The van der Waals surface area contributed by atoms with Crippen molar-refractivity contribution >= 4 is 0 Å². The summed E-state index contributed by atoms with van der Waals surface area (Å²) in [5.74, 6) is -7.86. The van der Waals surface area contributed by atoms with Crippen LogP contribution in [0.5, 0.6) is 5.75 Å². The summed E-state index contributed by atoms with van der Waals surface area (Å²) in [6.07, 6.45) is -3.54. The maximum absolute atomic E-state index is 15.0. The van der Waals surface area contributed by atoms with Crippen molar-refractivity contribution in [1.82, 2.24) is 0 Å². The molecule has 0 bridgehead atoms. The Morgan fingerprint density at radius 1 is 0.750 bits per heavy atom. The molecule has 1 aliphatic heterocycles. The van der Waals surface area contributed by atoms with E-state index in [1.807, 2.05) is 6.92 Å². The van der Waals surface area contributed by atoms with E-state index >= 15 is 8.78 Å². The number of ether oxygens (including phenoxy) is 3. The van der Waals surface area contributed by atoms with Gasteiger partial charge in [-0.3, -0.25) is 0 Å². The lowest BCUT2D eigenvalue weighted by atomic mass is 9.78. The van der Waals surface area contributed by atoms with Gasteiger partial charge in [0.15, 0.2) is 23.7 Å². The fourth-order valence-electron chi connectivity index (χ4n) is 5.30. The van der Waals surface area contributed by atoms with Crippen molar-refractivity contribution < 1.29 is 44.9 Å². The molecule has 3 aromatic carbocycles. The third-order valence-electron chi connectivity index (χ3n) is 7.49. The van der Waals surface area contributed by atoms with E-state index in [4.69, 9.17) is 14.2 Å². The molecule has 5 rings (SSSR count). The van der Waals surface area contributed by atoms with E-state index in [9.17, 15) is 22.0 Å². The average molecular weight is 569 g/mol. The molecule has 0 amide bonds. The summed E-state index contributed by atoms with van der Waals surface area (Å²) in [4.78, 5) is 0. The van der Waals surface area contributed by atoms with Crippen molar-refractivity contribution in [3.63, 3.8) is 0 Å². The van der Waals surface area contributed by atoms with Crippen LogP contribution in [0.3, 0.4) is 0 Å². The summed E-state index contributed by atoms with van der Waals surface area (Å²) in [5.41, 5.74) is 0.411. The van der Waals surface area contributed by atoms with Gasteiger partial charge in [-0.25, -0.2) is 22.0 Å². The lowest BCUT2D eigenvalue weighted by Crippen LogP contribution is -2.37. The monoisotopic (exact) mass is 568 g/mol. The fourth-order valence-corrected chi connectivity index (χ4v) is 5.30. The Kier molecular flexibility index (Phi) is 8.10. The first-order chi connectivity index (χ1) is 19.0. The first kappa shape index (κ1) is 28.4. The highest BCUT2D eigenvalue weighted by molar-refractivity contribution is 5.65. The van der Waals surface area contributed by atoms with E-state index in [0.29, 0.717) is 55.4 Å². The van der Waals surface area contributed by atoms with Gasteiger partial charge >= 0.3 is 6.11 Å². The van der Waals surface area contributed by atoms with E-state index in [-0.39, 0.29) is 35.8 Å². The van der Waals surface area contributed by atoms with Gasteiger partial charge < -0.3 is 14.2 Å². The van der Waals surface area contributed by atoms with Gasteiger partial charge in [-0.05, 0) is 73.1 Å². The Morgan fingerprint density at radius 2 is 1.40 bits per heavy atom. The predicted octanol–water partition coefficient (Wildman–Crippen LogP) is 8.68. The summed E-state index contributed by atoms with van der Waals surface area (Å²) in [6, 6.07) is 8.73. The summed E-state index contributed by atoms with van der Waals surface area (Å²) in [5, 5.41) is 0. The molecule has 10 heteroatoms. The average Bonchev–Trinajstić information content (AvgIpc) is 2.92. The molecule has 0 aromatic heterocycles. The number of rotatable bonds is 6. The quantitative estimate of drug-likeness (QED) is 0.220. The number of hydrogen-bond acceptors (Lipinski definition) is 3. The molecule has 3 nitrogen and oxygen atoms in total. The molecule has 1 saturated heterocycles. The molecular weight excluding hydrogens is 541 g/mol. The zero-order chi connectivity index (χ0) is 28.6. The molecule has 0 radical (unpaired) electrons. The zero-order valence-corrected chi connectivity index (χ0v) is 21.5. The number of benzene rings is 3. The van der Waals surface area contributed by atoms with E-state index in [2.05, 4.69) is 0 Å². The van der Waals surface area contributed by atoms with Crippen molar-refractivity contribution in [2.75, 3.05) is 13.2 Å². The lowest BCUT2D eigenvalue weighted by molar-refractivity contribution is -0.222. The predicted molar refractivity (Wildman–Crippen MR) is 132 cm³/mol. The standard InChI is InChI=1S/C30H27F7O3/c1-16-14-38-29(39-15-16)18-4-8-22(24(31)10-18)17-2-5-20(6-3-17)30(36,37)40-21-7-9-23(25(32)13-21)19-11-26(33)28(35)27(34)12-19/h4,7-13,16-17,20,29H,2-3,5-6,14-15H2,1H3. The van der Waals surface area contributed by atoms with Crippen molar-refractivity contribution in [2.45, 2.75) is 50.9 Å². The van der Waals surface area contributed by atoms with Gasteiger partial charge in [-0.1, -0.05) is 19.1 Å². The fraction of sp³-hybridized carbons (Fsp3) is 0.400. The molecule has 1 aliphatic carbocycles. The molecule has 1 heterocycles. The molecule has 0 spiro atoms. The van der Waals surface area contributed by atoms with Gasteiger partial charge in [0, 0.05) is 23.1 Å². The highest BCUT2D eigenvalue weighted by Gasteiger charge is 2.44. The van der Waals surface area contributed by atoms with E-state index in [0.717, 1.165) is 12.1 Å². The minimum Gasteiger partial charge on any atom is -0.432 e. The van der Waals surface area contributed by atoms with E-state index in [1.165, 1.54) is 6.07 Å². The van der Waals surface area contributed by atoms with Gasteiger partial charge in [0.1, 0.15) is 17.4 Å². The molecule has 214 valence electrons. The molecule has 2 aliphatic rings. The van der Waals surface area contributed by atoms with Crippen LogP contribution in [0.4, 0.5) is 30.7 Å². The minimum atomic E-state index is -3.64. The summed E-state index contributed by atoms with van der Waals surface area (Å²) >= 11 is 0. The van der Waals surface area contributed by atoms with Crippen LogP contribution in [0.15, 0.2) is 48.5 Å². The highest BCUT2D eigenvalue weighted by Crippen LogP contribution is 2.44. The van der Waals surface area contributed by atoms with Gasteiger partial charge in [0.2, 0.25) is 0 Å². The first-order valence-electron chi connectivity index (χ1n) is 13.1. The normalized spacial score (nSPS) is 23.7. The number of hydrogen-bond donors (Lipinski definition) is 0. The third-order valence-corrected chi connectivity index (χ3v) is 7.49. The Bertz CT molecular complexity index is 1340. The van der Waals surface area contributed by atoms with Crippen LogP contribution in [-0.2, 0) is 9.47 Å². The van der Waals surface area contributed by atoms with E-state index in [1.54, 1.807) is 12.1 Å². The van der Waals surface area contributed by atoms with Gasteiger partial charge in [-0.2, -0.15) is 8.78 Å². The summed E-state index contributed by atoms with van der Waals surface area (Å²) in [6.45, 7) is 3.01. The second kappa shape index (κ2) is 11.4. The van der Waals surface area contributed by atoms with Crippen LogP contribution in [0.2, 0.25) is 0 Å². The first-order valence-corrected chi connectivity index (χ1v) is 13.1. The largest absolute Gasteiger partial charge is 0.432 e. The second-order valence-electron chi connectivity index (χ2n) is 10.5. The van der Waals surface area contributed by atoms with Gasteiger partial charge in [0.05, 0.1) is 19.1 Å². The van der Waals surface area contributed by atoms with Crippen molar-refractivity contribution in [1.29, 1.82) is 0 Å². The van der Waals surface area contributed by atoms with Crippen LogP contribution in [0.1, 0.15) is 55.9 Å². The van der Waals surface area contributed by atoms with Crippen LogP contribution < -0.4 is 4.74 Å². The molecule has 40 heavy (non-hydrogen) atoms. The van der Waals surface area contributed by atoms with Crippen LogP contribution >= 0.6 is 0 Å². The van der Waals surface area contributed by atoms with Crippen molar-refractivity contribution in [3.8, 4) is 16.9 Å². The molecule has 0 atom stereocenters. The Hall–Kier alpha value is -3.11. The molecule has 0 unspecified atom stereocenters. The molecule has 1 saturated carbocycles. The smallest absolute Gasteiger partial charge is 0.400 e. The van der Waals surface area contributed by atoms with Crippen LogP contribution in [0, 0.1) is 40.9 Å². The third kappa shape index (κ3) is 5.98. The number of alkyl halides is 2. The summed E-state index contributed by atoms with van der Waals surface area (Å²) in [7, 11) is 0. The summed E-state index contributed by atoms with van der Waals surface area (Å²) < 4.78 is 116. The van der Waals surface area contributed by atoms with Crippen molar-refractivity contribution in [2.24, 2.45) is 11.8 Å². The molecular formula is C30H27F7O3. The van der Waals surface area contributed by atoms with Crippen molar-refractivity contribution in [3.05, 3.63) is 88.7 Å². The van der Waals surface area contributed by atoms with Crippen LogP contribution in [0.25, 0.3) is 11.1 Å². The zero-order valence-electron chi connectivity index (χ0n) is 21.5. The molecule has 3 aromatic rings. The van der Waals surface area contributed by atoms with Crippen LogP contribution in [-0.4, -0.2) is 19.3 Å². The lowest BCUT2D eigenvalue weighted by Gasteiger charge is -2.34. The Morgan fingerprint density at radius 3 is 2.00 bits per heavy atom. The second-order valence-corrected chi connectivity index (χ2v) is 10.5. The Labute approximate surface area is 226 Å². The van der Waals surface area contributed by atoms with Gasteiger partial charge in [-0.15, -0.1) is 0 Å². The molecule has 2 fully saturated rings. The Balaban J connectivity index is 1.21.